The molecular formula is C14H16N4OS2. The maximum absolute atomic E-state index is 12.5. The van der Waals surface area contributed by atoms with Gasteiger partial charge in [-0.1, -0.05) is 6.92 Å². The Morgan fingerprint density at radius 3 is 3.00 bits per heavy atom. The minimum Gasteiger partial charge on any atom is -0.337 e. The predicted molar refractivity (Wildman–Crippen MR) is 87.5 cm³/mol. The van der Waals surface area contributed by atoms with Crippen LogP contribution in [-0.4, -0.2) is 19.1 Å². The Hall–Kier alpha value is -1.73. The lowest BCUT2D eigenvalue weighted by Gasteiger charge is -2.06. The Morgan fingerprint density at radius 2 is 2.29 bits per heavy atom. The van der Waals surface area contributed by atoms with E-state index in [0.29, 0.717) is 11.3 Å². The molecule has 0 aliphatic carbocycles. The highest BCUT2D eigenvalue weighted by Gasteiger charge is 2.09. The molecule has 0 spiro atoms. The van der Waals surface area contributed by atoms with Crippen molar-refractivity contribution >= 4 is 33.8 Å². The minimum absolute atomic E-state index is 0.00957. The molecule has 110 valence electrons. The van der Waals surface area contributed by atoms with Gasteiger partial charge in [-0.05, 0) is 31.1 Å². The fourth-order valence-electron chi connectivity index (χ4n) is 2.30. The summed E-state index contributed by atoms with van der Waals surface area (Å²) in [4.78, 5) is 21.8. The standard InChI is InChI=1S/C14H16N4OS2/c1-2-10-8-11-12(21-10)16-14(20)18(13(11)19)6-3-5-17-7-4-15-9-17/h4,7-9H,2-3,5-6H2,1H3,(H,16,20). The van der Waals surface area contributed by atoms with E-state index in [2.05, 4.69) is 16.9 Å². The maximum atomic E-state index is 12.5. The van der Waals surface area contributed by atoms with Gasteiger partial charge in [-0.15, -0.1) is 11.3 Å². The molecule has 0 bridgehead atoms. The van der Waals surface area contributed by atoms with Gasteiger partial charge in [-0.25, -0.2) is 4.98 Å². The molecule has 0 aromatic carbocycles. The first-order chi connectivity index (χ1) is 10.2. The van der Waals surface area contributed by atoms with E-state index in [9.17, 15) is 4.79 Å². The van der Waals surface area contributed by atoms with E-state index in [1.807, 2.05) is 16.8 Å². The SMILES string of the molecule is CCc1cc2c(=O)n(CCCn3ccnc3)c(=S)[nH]c2s1. The highest BCUT2D eigenvalue weighted by molar-refractivity contribution is 7.71. The lowest BCUT2D eigenvalue weighted by atomic mass is 10.3. The molecule has 3 aromatic heterocycles. The van der Waals surface area contributed by atoms with Gasteiger partial charge in [0.05, 0.1) is 11.7 Å². The fourth-order valence-corrected chi connectivity index (χ4v) is 3.63. The second kappa shape index (κ2) is 5.95. The van der Waals surface area contributed by atoms with Gasteiger partial charge in [0.2, 0.25) is 0 Å². The van der Waals surface area contributed by atoms with Crippen molar-refractivity contribution in [2.45, 2.75) is 32.9 Å². The number of hydrogen-bond acceptors (Lipinski definition) is 4. The van der Waals surface area contributed by atoms with Crippen LogP contribution in [0, 0.1) is 4.77 Å². The normalized spacial score (nSPS) is 11.3. The molecule has 5 nitrogen and oxygen atoms in total. The Labute approximate surface area is 130 Å². The summed E-state index contributed by atoms with van der Waals surface area (Å²) < 4.78 is 4.15. The zero-order chi connectivity index (χ0) is 14.8. The summed E-state index contributed by atoms with van der Waals surface area (Å²) in [5.74, 6) is 0. The van der Waals surface area contributed by atoms with E-state index in [0.717, 1.165) is 29.6 Å². The number of H-pyrrole nitrogens is 1. The van der Waals surface area contributed by atoms with Crippen molar-refractivity contribution in [1.29, 1.82) is 0 Å². The van der Waals surface area contributed by atoms with Gasteiger partial charge in [0.25, 0.3) is 5.56 Å². The third-order valence-corrected chi connectivity index (χ3v) is 4.95. The van der Waals surface area contributed by atoms with Gasteiger partial charge in [-0.3, -0.25) is 9.36 Å². The lowest BCUT2D eigenvalue weighted by Crippen LogP contribution is -2.22. The van der Waals surface area contributed by atoms with Crippen LogP contribution in [0.4, 0.5) is 0 Å². The molecule has 0 unspecified atom stereocenters. The van der Waals surface area contributed by atoms with Crippen LogP contribution in [0.3, 0.4) is 0 Å². The van der Waals surface area contributed by atoms with E-state index < -0.39 is 0 Å². The second-order valence-electron chi connectivity index (χ2n) is 4.85. The number of aryl methyl sites for hydroxylation is 2. The number of rotatable bonds is 5. The average molecular weight is 320 g/mol. The molecular weight excluding hydrogens is 304 g/mol. The number of thiophene rings is 1. The largest absolute Gasteiger partial charge is 0.337 e. The molecule has 0 radical (unpaired) electrons. The van der Waals surface area contributed by atoms with Crippen molar-refractivity contribution in [2.24, 2.45) is 0 Å². The van der Waals surface area contributed by atoms with Crippen molar-refractivity contribution in [3.8, 4) is 0 Å². The van der Waals surface area contributed by atoms with Gasteiger partial charge in [0, 0.05) is 30.4 Å². The number of fused-ring (bicyclic) bond motifs is 1. The first-order valence-corrected chi connectivity index (χ1v) is 8.13. The molecule has 21 heavy (non-hydrogen) atoms. The number of nitrogens with zero attached hydrogens (tertiary/aromatic N) is 3. The highest BCUT2D eigenvalue weighted by atomic mass is 32.1. The molecule has 3 rings (SSSR count). The van der Waals surface area contributed by atoms with Crippen LogP contribution in [0.25, 0.3) is 10.2 Å². The molecule has 3 heterocycles. The molecule has 0 aliphatic heterocycles. The summed E-state index contributed by atoms with van der Waals surface area (Å²) in [6.07, 6.45) is 7.21. The molecule has 0 aliphatic rings. The quantitative estimate of drug-likeness (QED) is 0.735. The van der Waals surface area contributed by atoms with Gasteiger partial charge in [0.15, 0.2) is 4.77 Å². The summed E-state index contributed by atoms with van der Waals surface area (Å²) in [6, 6.07) is 1.97. The fraction of sp³-hybridized carbons (Fsp3) is 0.357. The number of aromatic nitrogens is 4. The molecule has 0 atom stereocenters. The number of imidazole rings is 1. The monoisotopic (exact) mass is 320 g/mol. The molecule has 0 saturated carbocycles. The number of nitrogens with one attached hydrogen (secondary N) is 1. The van der Waals surface area contributed by atoms with Gasteiger partial charge in [-0.2, -0.15) is 0 Å². The summed E-state index contributed by atoms with van der Waals surface area (Å²) >= 11 is 6.93. The summed E-state index contributed by atoms with van der Waals surface area (Å²) in [6.45, 7) is 3.52. The first kappa shape index (κ1) is 14.2. The Balaban J connectivity index is 1.87. The topological polar surface area (TPSA) is 55.6 Å². The van der Waals surface area contributed by atoms with Crippen LogP contribution in [0.5, 0.6) is 0 Å². The van der Waals surface area contributed by atoms with Crippen LogP contribution in [0.2, 0.25) is 0 Å². The Kier molecular flexibility index (Phi) is 4.03. The van der Waals surface area contributed by atoms with Crippen LogP contribution in [0.15, 0.2) is 29.6 Å². The molecule has 1 N–H and O–H groups in total. The van der Waals surface area contributed by atoms with Crippen molar-refractivity contribution in [1.82, 2.24) is 19.1 Å². The third kappa shape index (κ3) is 2.84. The molecule has 0 fully saturated rings. The van der Waals surface area contributed by atoms with E-state index in [1.54, 1.807) is 28.4 Å². The van der Waals surface area contributed by atoms with E-state index in [4.69, 9.17) is 12.2 Å². The zero-order valence-electron chi connectivity index (χ0n) is 11.7. The molecule has 3 aromatic rings. The van der Waals surface area contributed by atoms with Gasteiger partial charge < -0.3 is 9.55 Å². The van der Waals surface area contributed by atoms with Crippen LogP contribution >= 0.6 is 23.6 Å². The lowest BCUT2D eigenvalue weighted by molar-refractivity contribution is 0.546. The van der Waals surface area contributed by atoms with Gasteiger partial charge >= 0.3 is 0 Å². The van der Waals surface area contributed by atoms with Crippen molar-refractivity contribution < 1.29 is 0 Å². The highest BCUT2D eigenvalue weighted by Crippen LogP contribution is 2.21. The Bertz CT molecular complexity index is 857. The molecule has 7 heteroatoms. The van der Waals surface area contributed by atoms with Crippen LogP contribution < -0.4 is 5.56 Å². The summed E-state index contributed by atoms with van der Waals surface area (Å²) in [5, 5.41) is 0.744. The predicted octanol–water partition coefficient (Wildman–Crippen LogP) is 2.97. The van der Waals surface area contributed by atoms with Crippen molar-refractivity contribution in [3.05, 3.63) is 44.8 Å². The van der Waals surface area contributed by atoms with Gasteiger partial charge in [0.1, 0.15) is 4.83 Å². The van der Waals surface area contributed by atoms with Crippen molar-refractivity contribution in [3.63, 3.8) is 0 Å². The van der Waals surface area contributed by atoms with Crippen molar-refractivity contribution in [2.75, 3.05) is 0 Å². The minimum atomic E-state index is 0.00957. The number of hydrogen-bond donors (Lipinski definition) is 1. The third-order valence-electron chi connectivity index (χ3n) is 3.43. The summed E-state index contributed by atoms with van der Waals surface area (Å²) in [5.41, 5.74) is 0.00957. The zero-order valence-corrected chi connectivity index (χ0v) is 13.3. The Morgan fingerprint density at radius 1 is 1.43 bits per heavy atom. The maximum Gasteiger partial charge on any atom is 0.263 e. The van der Waals surface area contributed by atoms with E-state index in [-0.39, 0.29) is 5.56 Å². The molecule has 0 saturated heterocycles. The summed E-state index contributed by atoms with van der Waals surface area (Å²) in [7, 11) is 0. The molecule has 0 amide bonds. The van der Waals surface area contributed by atoms with E-state index >= 15 is 0 Å². The van der Waals surface area contributed by atoms with Crippen LogP contribution in [-0.2, 0) is 19.5 Å². The second-order valence-corrected chi connectivity index (χ2v) is 6.37. The smallest absolute Gasteiger partial charge is 0.263 e. The van der Waals surface area contributed by atoms with Crippen LogP contribution in [0.1, 0.15) is 18.2 Å². The van der Waals surface area contributed by atoms with E-state index in [1.165, 1.54) is 4.88 Å². The first-order valence-electron chi connectivity index (χ1n) is 6.90. The average Bonchev–Trinajstić information content (AvgIpc) is 3.11. The number of aromatic amines is 1.